The number of likely N-dealkylation sites (tertiary alicyclic amines) is 1. The van der Waals surface area contributed by atoms with Gasteiger partial charge in [0, 0.05) is 31.6 Å². The quantitative estimate of drug-likeness (QED) is 0.756. The van der Waals surface area contributed by atoms with Gasteiger partial charge in [-0.25, -0.2) is 0 Å². The Morgan fingerprint density at radius 2 is 1.52 bits per heavy atom. The van der Waals surface area contributed by atoms with E-state index in [9.17, 15) is 9.59 Å². The predicted molar refractivity (Wildman–Crippen MR) is 106 cm³/mol. The van der Waals surface area contributed by atoms with Crippen LogP contribution in [0.3, 0.4) is 0 Å². The van der Waals surface area contributed by atoms with Crippen LogP contribution in [-0.4, -0.2) is 36.3 Å². The summed E-state index contributed by atoms with van der Waals surface area (Å²) in [4.78, 5) is 26.4. The standard InChI is InChI=1S/C22H27N3O2/c26-21(12-13-23-22(27)20-6-2-1-3-7-20)24-16-18-8-10-19(11-9-18)17-25-14-4-5-15-25/h1-3,6-11H,4-5,12-17H2,(H,23,27)(H,24,26). The molecule has 0 spiro atoms. The van der Waals surface area contributed by atoms with E-state index in [-0.39, 0.29) is 18.2 Å². The second-order valence-electron chi connectivity index (χ2n) is 6.95. The van der Waals surface area contributed by atoms with Crippen molar-refractivity contribution >= 4 is 11.8 Å². The van der Waals surface area contributed by atoms with Crippen molar-refractivity contribution in [3.63, 3.8) is 0 Å². The van der Waals surface area contributed by atoms with Gasteiger partial charge in [0.05, 0.1) is 0 Å². The number of benzene rings is 2. The Labute approximate surface area is 160 Å². The van der Waals surface area contributed by atoms with Crippen LogP contribution in [0.2, 0.25) is 0 Å². The Morgan fingerprint density at radius 1 is 0.852 bits per heavy atom. The van der Waals surface area contributed by atoms with E-state index in [2.05, 4.69) is 39.8 Å². The zero-order valence-corrected chi connectivity index (χ0v) is 15.6. The van der Waals surface area contributed by atoms with Crippen LogP contribution in [-0.2, 0) is 17.9 Å². The van der Waals surface area contributed by atoms with E-state index < -0.39 is 0 Å². The molecule has 0 aliphatic carbocycles. The Balaban J connectivity index is 1.34. The number of carbonyl (C=O) groups excluding carboxylic acids is 2. The molecule has 2 aromatic carbocycles. The van der Waals surface area contributed by atoms with Gasteiger partial charge >= 0.3 is 0 Å². The Bertz CT molecular complexity index is 738. The highest BCUT2D eigenvalue weighted by molar-refractivity contribution is 5.94. The van der Waals surface area contributed by atoms with E-state index in [1.165, 1.54) is 31.5 Å². The molecule has 5 heteroatoms. The summed E-state index contributed by atoms with van der Waals surface area (Å²) in [7, 11) is 0. The van der Waals surface area contributed by atoms with Crippen molar-refractivity contribution in [1.29, 1.82) is 0 Å². The fourth-order valence-corrected chi connectivity index (χ4v) is 3.23. The number of nitrogens with one attached hydrogen (secondary N) is 2. The minimum Gasteiger partial charge on any atom is -0.352 e. The molecule has 0 atom stereocenters. The number of nitrogens with zero attached hydrogens (tertiary/aromatic N) is 1. The average Bonchev–Trinajstić information content (AvgIpc) is 3.21. The van der Waals surface area contributed by atoms with Crippen molar-refractivity contribution in [3.8, 4) is 0 Å². The first-order valence-electron chi connectivity index (χ1n) is 9.61. The first-order valence-corrected chi connectivity index (χ1v) is 9.61. The third kappa shape index (κ3) is 6.22. The SMILES string of the molecule is O=C(CCNC(=O)c1ccccc1)NCc1ccc(CN2CCCC2)cc1. The summed E-state index contributed by atoms with van der Waals surface area (Å²) >= 11 is 0. The van der Waals surface area contributed by atoms with Crippen LogP contribution in [0.5, 0.6) is 0 Å². The molecule has 1 heterocycles. The molecule has 3 rings (SSSR count). The molecule has 0 radical (unpaired) electrons. The molecule has 142 valence electrons. The third-order valence-electron chi connectivity index (χ3n) is 4.79. The summed E-state index contributed by atoms with van der Waals surface area (Å²) in [5.41, 5.74) is 3.00. The molecule has 0 aromatic heterocycles. The molecule has 2 N–H and O–H groups in total. The summed E-state index contributed by atoms with van der Waals surface area (Å²) in [6.45, 7) is 4.23. The first-order chi connectivity index (χ1) is 13.2. The van der Waals surface area contributed by atoms with Gasteiger partial charge in [0.2, 0.25) is 5.91 Å². The fraction of sp³-hybridized carbons (Fsp3) is 0.364. The lowest BCUT2D eigenvalue weighted by atomic mass is 10.1. The van der Waals surface area contributed by atoms with Crippen LogP contribution >= 0.6 is 0 Å². The normalized spacial score (nSPS) is 14.1. The van der Waals surface area contributed by atoms with Gasteiger partial charge in [0.1, 0.15) is 0 Å². The van der Waals surface area contributed by atoms with Gasteiger partial charge in [0.15, 0.2) is 0 Å². The van der Waals surface area contributed by atoms with E-state index in [1.807, 2.05) is 18.2 Å². The maximum Gasteiger partial charge on any atom is 0.251 e. The largest absolute Gasteiger partial charge is 0.352 e. The number of amides is 2. The lowest BCUT2D eigenvalue weighted by Gasteiger charge is -2.14. The van der Waals surface area contributed by atoms with Gasteiger partial charge in [0.25, 0.3) is 5.91 Å². The number of carbonyl (C=O) groups is 2. The van der Waals surface area contributed by atoms with Crippen molar-refractivity contribution in [2.24, 2.45) is 0 Å². The highest BCUT2D eigenvalue weighted by atomic mass is 16.2. The molecular formula is C22H27N3O2. The second-order valence-corrected chi connectivity index (χ2v) is 6.95. The maximum absolute atomic E-state index is 12.0. The van der Waals surface area contributed by atoms with Crippen molar-refractivity contribution in [1.82, 2.24) is 15.5 Å². The number of hydrogen-bond acceptors (Lipinski definition) is 3. The number of hydrogen-bond donors (Lipinski definition) is 2. The molecule has 0 unspecified atom stereocenters. The summed E-state index contributed by atoms with van der Waals surface area (Å²) in [5.74, 6) is -0.221. The van der Waals surface area contributed by atoms with Gasteiger partial charge in [-0.3, -0.25) is 14.5 Å². The molecule has 0 bridgehead atoms. The average molecular weight is 365 g/mol. The van der Waals surface area contributed by atoms with Crippen LogP contribution < -0.4 is 10.6 Å². The van der Waals surface area contributed by atoms with Crippen LogP contribution in [0.4, 0.5) is 0 Å². The summed E-state index contributed by atoms with van der Waals surface area (Å²) in [5, 5.41) is 5.67. The van der Waals surface area contributed by atoms with E-state index in [1.54, 1.807) is 12.1 Å². The molecule has 1 aliphatic rings. The maximum atomic E-state index is 12.0. The molecule has 2 amide bonds. The molecule has 1 saturated heterocycles. The van der Waals surface area contributed by atoms with Gasteiger partial charge < -0.3 is 10.6 Å². The molecule has 5 nitrogen and oxygen atoms in total. The minimum atomic E-state index is -0.156. The van der Waals surface area contributed by atoms with E-state index >= 15 is 0 Å². The predicted octanol–water partition coefficient (Wildman–Crippen LogP) is 2.72. The second kappa shape index (κ2) is 9.88. The Hall–Kier alpha value is -2.66. The van der Waals surface area contributed by atoms with Crippen molar-refractivity contribution in [3.05, 3.63) is 71.3 Å². The molecule has 27 heavy (non-hydrogen) atoms. The summed E-state index contributed by atoms with van der Waals surface area (Å²) < 4.78 is 0. The monoisotopic (exact) mass is 365 g/mol. The van der Waals surface area contributed by atoms with Crippen LogP contribution in [0, 0.1) is 0 Å². The van der Waals surface area contributed by atoms with Gasteiger partial charge in [-0.2, -0.15) is 0 Å². The fourth-order valence-electron chi connectivity index (χ4n) is 3.23. The molecule has 1 fully saturated rings. The van der Waals surface area contributed by atoms with E-state index in [0.717, 1.165) is 12.1 Å². The summed E-state index contributed by atoms with van der Waals surface area (Å²) in [6.07, 6.45) is 2.87. The molecular weight excluding hydrogens is 338 g/mol. The van der Waals surface area contributed by atoms with E-state index in [0.29, 0.717) is 18.7 Å². The van der Waals surface area contributed by atoms with Crippen molar-refractivity contribution in [2.75, 3.05) is 19.6 Å². The lowest BCUT2D eigenvalue weighted by molar-refractivity contribution is -0.121. The van der Waals surface area contributed by atoms with Gasteiger partial charge in [-0.05, 0) is 49.2 Å². The molecule has 2 aromatic rings. The minimum absolute atomic E-state index is 0.0653. The summed E-state index contributed by atoms with van der Waals surface area (Å²) in [6, 6.07) is 17.4. The zero-order chi connectivity index (χ0) is 18.9. The highest BCUT2D eigenvalue weighted by Gasteiger charge is 2.11. The smallest absolute Gasteiger partial charge is 0.251 e. The van der Waals surface area contributed by atoms with E-state index in [4.69, 9.17) is 0 Å². The Morgan fingerprint density at radius 3 is 2.22 bits per heavy atom. The molecule has 0 saturated carbocycles. The molecule has 1 aliphatic heterocycles. The van der Waals surface area contributed by atoms with Crippen LogP contribution in [0.25, 0.3) is 0 Å². The Kier molecular flexibility index (Phi) is 6.99. The zero-order valence-electron chi connectivity index (χ0n) is 15.6. The number of rotatable bonds is 8. The van der Waals surface area contributed by atoms with Crippen LogP contribution in [0.1, 0.15) is 40.7 Å². The first kappa shape index (κ1) is 19.1. The lowest BCUT2D eigenvalue weighted by Crippen LogP contribution is -2.30. The highest BCUT2D eigenvalue weighted by Crippen LogP contribution is 2.13. The van der Waals surface area contributed by atoms with Gasteiger partial charge in [-0.15, -0.1) is 0 Å². The third-order valence-corrected chi connectivity index (χ3v) is 4.79. The van der Waals surface area contributed by atoms with Crippen LogP contribution in [0.15, 0.2) is 54.6 Å². The van der Waals surface area contributed by atoms with Crippen molar-refractivity contribution < 1.29 is 9.59 Å². The van der Waals surface area contributed by atoms with Gasteiger partial charge in [-0.1, -0.05) is 42.5 Å². The topological polar surface area (TPSA) is 61.4 Å². The van der Waals surface area contributed by atoms with Crippen molar-refractivity contribution in [2.45, 2.75) is 32.4 Å².